The molecule has 2 aliphatic rings. The van der Waals surface area contributed by atoms with Gasteiger partial charge in [-0.15, -0.1) is 0 Å². The summed E-state index contributed by atoms with van der Waals surface area (Å²) in [6, 6.07) is 4.65. The van der Waals surface area contributed by atoms with Crippen LogP contribution in [0.15, 0.2) is 27.7 Å². The van der Waals surface area contributed by atoms with E-state index in [4.69, 9.17) is 4.99 Å². The van der Waals surface area contributed by atoms with Gasteiger partial charge in [0.25, 0.3) is 0 Å². The molecule has 0 radical (unpaired) electrons. The number of hydrogen-bond acceptors (Lipinski definition) is 3. The molecule has 1 fully saturated rings. The van der Waals surface area contributed by atoms with Gasteiger partial charge in [-0.05, 0) is 47.0 Å². The van der Waals surface area contributed by atoms with Crippen LogP contribution in [0.3, 0.4) is 0 Å². The molecule has 0 amide bonds. The molecule has 0 saturated heterocycles. The largest absolute Gasteiger partial charge is 0.334 e. The van der Waals surface area contributed by atoms with Gasteiger partial charge in [0.1, 0.15) is 5.82 Å². The van der Waals surface area contributed by atoms with Gasteiger partial charge in [0.05, 0.1) is 11.2 Å². The summed E-state index contributed by atoms with van der Waals surface area (Å²) in [6.07, 6.45) is 4.94. The van der Waals surface area contributed by atoms with Gasteiger partial charge in [0, 0.05) is 10.2 Å². The summed E-state index contributed by atoms with van der Waals surface area (Å²) in [6.45, 7) is 0. The molecule has 1 N–H and O–H groups in total. The van der Waals surface area contributed by atoms with Crippen LogP contribution in [0.5, 0.6) is 0 Å². The number of nitrogens with one attached hydrogen (secondary N) is 1. The predicted molar refractivity (Wildman–Crippen MR) is 78.8 cm³/mol. The van der Waals surface area contributed by atoms with Crippen molar-refractivity contribution in [2.75, 3.05) is 11.1 Å². The Hall–Kier alpha value is -0.550. The maximum absolute atomic E-state index is 13.2. The molecule has 0 aromatic heterocycles. The molecule has 0 atom stereocenters. The molecule has 0 bridgehead atoms. The highest BCUT2D eigenvalue weighted by Crippen LogP contribution is 2.41. The molecule has 1 aromatic carbocycles. The standard InChI is InChI=1S/C13H14BrFN2S/c14-10-4-3-9(15)7-11(10)16-12-17-13(8-18-12)5-1-2-6-13/h3-4,7H,1-2,5-6,8H2,(H,16,17). The van der Waals surface area contributed by atoms with Crippen molar-refractivity contribution in [1.82, 2.24) is 0 Å². The average Bonchev–Trinajstić information content (AvgIpc) is 2.95. The Bertz CT molecular complexity index is 498. The fourth-order valence-corrected chi connectivity index (χ4v) is 4.09. The van der Waals surface area contributed by atoms with Crippen LogP contribution in [0.4, 0.5) is 10.1 Å². The van der Waals surface area contributed by atoms with E-state index in [0.29, 0.717) is 0 Å². The van der Waals surface area contributed by atoms with Crippen molar-refractivity contribution < 1.29 is 4.39 Å². The van der Waals surface area contributed by atoms with Crippen LogP contribution in [-0.2, 0) is 0 Å². The first-order valence-corrected chi connectivity index (χ1v) is 7.90. The van der Waals surface area contributed by atoms with E-state index < -0.39 is 0 Å². The third-order valence-electron chi connectivity index (χ3n) is 3.52. The van der Waals surface area contributed by atoms with E-state index in [1.54, 1.807) is 17.8 Å². The van der Waals surface area contributed by atoms with E-state index in [1.165, 1.54) is 37.8 Å². The lowest BCUT2D eigenvalue weighted by molar-refractivity contribution is 0.508. The summed E-state index contributed by atoms with van der Waals surface area (Å²) in [5.41, 5.74) is 0.906. The van der Waals surface area contributed by atoms with Crippen molar-refractivity contribution in [3.63, 3.8) is 0 Å². The molecule has 18 heavy (non-hydrogen) atoms. The summed E-state index contributed by atoms with van der Waals surface area (Å²) in [5, 5.41) is 4.15. The maximum atomic E-state index is 13.2. The smallest absolute Gasteiger partial charge is 0.161 e. The van der Waals surface area contributed by atoms with Crippen molar-refractivity contribution in [2.24, 2.45) is 4.99 Å². The second-order valence-electron chi connectivity index (χ2n) is 4.89. The second-order valence-corrected chi connectivity index (χ2v) is 6.70. The Morgan fingerprint density at radius 3 is 2.89 bits per heavy atom. The van der Waals surface area contributed by atoms with Crippen molar-refractivity contribution in [2.45, 2.75) is 31.2 Å². The number of aliphatic imine (C=N–C) groups is 1. The Balaban J connectivity index is 1.79. The number of thioether (sulfide) groups is 1. The summed E-state index contributed by atoms with van der Waals surface area (Å²) >= 11 is 5.16. The number of nitrogens with zero attached hydrogens (tertiary/aromatic N) is 1. The third-order valence-corrected chi connectivity index (χ3v) is 5.36. The van der Waals surface area contributed by atoms with Gasteiger partial charge in [-0.2, -0.15) is 0 Å². The highest BCUT2D eigenvalue weighted by molar-refractivity contribution is 9.10. The van der Waals surface area contributed by atoms with Crippen LogP contribution in [0.25, 0.3) is 0 Å². The summed E-state index contributed by atoms with van der Waals surface area (Å²) in [4.78, 5) is 4.81. The van der Waals surface area contributed by atoms with Crippen LogP contribution < -0.4 is 5.32 Å². The topological polar surface area (TPSA) is 24.4 Å². The Morgan fingerprint density at radius 1 is 1.33 bits per heavy atom. The lowest BCUT2D eigenvalue weighted by Gasteiger charge is -2.16. The molecule has 96 valence electrons. The minimum atomic E-state index is -0.236. The van der Waals surface area contributed by atoms with Crippen LogP contribution in [0.1, 0.15) is 25.7 Å². The number of hydrogen-bond donors (Lipinski definition) is 1. The van der Waals surface area contributed by atoms with Gasteiger partial charge < -0.3 is 5.32 Å². The molecule has 0 unspecified atom stereocenters. The van der Waals surface area contributed by atoms with Gasteiger partial charge in [0.15, 0.2) is 5.17 Å². The lowest BCUT2D eigenvalue weighted by atomic mass is 10.0. The van der Waals surface area contributed by atoms with Gasteiger partial charge in [-0.1, -0.05) is 24.6 Å². The van der Waals surface area contributed by atoms with Crippen LogP contribution in [0.2, 0.25) is 0 Å². The number of halogens is 2. The van der Waals surface area contributed by atoms with Gasteiger partial charge in [-0.25, -0.2) is 4.39 Å². The van der Waals surface area contributed by atoms with Crippen molar-refractivity contribution in [3.8, 4) is 0 Å². The number of benzene rings is 1. The monoisotopic (exact) mass is 328 g/mol. The van der Waals surface area contributed by atoms with Gasteiger partial charge in [-0.3, -0.25) is 4.99 Å². The highest BCUT2D eigenvalue weighted by Gasteiger charge is 2.38. The molecule has 5 heteroatoms. The molecule has 1 heterocycles. The van der Waals surface area contributed by atoms with Crippen molar-refractivity contribution in [3.05, 3.63) is 28.5 Å². The average molecular weight is 329 g/mol. The molecule has 1 aliphatic carbocycles. The molecular formula is C13H14BrFN2S. The normalized spacial score (nSPS) is 21.3. The van der Waals surface area contributed by atoms with Gasteiger partial charge >= 0.3 is 0 Å². The van der Waals surface area contributed by atoms with E-state index >= 15 is 0 Å². The second kappa shape index (κ2) is 4.85. The molecule has 1 aromatic rings. The Morgan fingerprint density at radius 2 is 2.11 bits per heavy atom. The summed E-state index contributed by atoms with van der Waals surface area (Å²) in [5.74, 6) is 0.822. The third kappa shape index (κ3) is 2.43. The predicted octanol–water partition coefficient (Wildman–Crippen LogP) is 4.42. The summed E-state index contributed by atoms with van der Waals surface area (Å²) < 4.78 is 14.1. The summed E-state index contributed by atoms with van der Waals surface area (Å²) in [7, 11) is 0. The molecule has 2 nitrogen and oxygen atoms in total. The first-order valence-electron chi connectivity index (χ1n) is 6.12. The SMILES string of the molecule is Fc1ccc(Br)c(NC2=NC3(CCCC3)CS2)c1. The zero-order chi connectivity index (χ0) is 12.6. The first kappa shape index (κ1) is 12.5. The molecule has 1 aliphatic heterocycles. The maximum Gasteiger partial charge on any atom is 0.161 e. The minimum absolute atomic E-state index is 0.160. The molecule has 3 rings (SSSR count). The van der Waals surface area contributed by atoms with Crippen molar-refractivity contribution in [1.29, 1.82) is 0 Å². The van der Waals surface area contributed by atoms with Crippen LogP contribution in [0, 0.1) is 5.82 Å². The van der Waals surface area contributed by atoms with Gasteiger partial charge in [0.2, 0.25) is 0 Å². The number of rotatable bonds is 1. The van der Waals surface area contributed by atoms with E-state index in [0.717, 1.165) is 21.1 Å². The van der Waals surface area contributed by atoms with E-state index in [2.05, 4.69) is 21.2 Å². The van der Waals surface area contributed by atoms with E-state index in [-0.39, 0.29) is 11.4 Å². The van der Waals surface area contributed by atoms with E-state index in [9.17, 15) is 4.39 Å². The fourth-order valence-electron chi connectivity index (χ4n) is 2.54. The fraction of sp³-hybridized carbons (Fsp3) is 0.462. The number of amidine groups is 1. The van der Waals surface area contributed by atoms with Crippen LogP contribution >= 0.6 is 27.7 Å². The highest BCUT2D eigenvalue weighted by atomic mass is 79.9. The van der Waals surface area contributed by atoms with E-state index in [1.807, 2.05) is 0 Å². The molecule has 1 spiro atoms. The Labute approximate surface area is 119 Å². The van der Waals surface area contributed by atoms with Crippen LogP contribution in [-0.4, -0.2) is 16.5 Å². The lowest BCUT2D eigenvalue weighted by Crippen LogP contribution is -2.21. The zero-order valence-electron chi connectivity index (χ0n) is 9.88. The quantitative estimate of drug-likeness (QED) is 0.825. The van der Waals surface area contributed by atoms with Crippen molar-refractivity contribution >= 4 is 38.5 Å². The minimum Gasteiger partial charge on any atom is -0.334 e. The Kier molecular flexibility index (Phi) is 3.36. The molecule has 1 saturated carbocycles. The zero-order valence-corrected chi connectivity index (χ0v) is 12.3. The first-order chi connectivity index (χ1) is 8.67. The number of anilines is 1. The molecular weight excluding hydrogens is 315 g/mol.